The second kappa shape index (κ2) is 7.34. The van der Waals surface area contributed by atoms with Gasteiger partial charge in [-0.15, -0.1) is 0 Å². The molecule has 0 amide bonds. The van der Waals surface area contributed by atoms with Crippen LogP contribution in [0.25, 0.3) is 0 Å². The van der Waals surface area contributed by atoms with Gasteiger partial charge in [0.1, 0.15) is 0 Å². The topological polar surface area (TPSA) is 35.2 Å². The molecule has 13 heavy (non-hydrogen) atoms. The summed E-state index contributed by atoms with van der Waals surface area (Å²) in [7, 11) is 0. The average molecular weight is 187 g/mol. The molecule has 2 atom stereocenters. The smallest absolute Gasteiger partial charge is 0.0621 e. The minimum Gasteiger partial charge on any atom is -0.377 e. The summed E-state index contributed by atoms with van der Waals surface area (Å²) in [5.41, 5.74) is 5.84. The van der Waals surface area contributed by atoms with Gasteiger partial charge in [0.2, 0.25) is 0 Å². The van der Waals surface area contributed by atoms with Crippen LogP contribution in [0.4, 0.5) is 0 Å². The Morgan fingerprint density at radius 2 is 1.85 bits per heavy atom. The summed E-state index contributed by atoms with van der Waals surface area (Å²) in [6.45, 7) is 9.41. The van der Waals surface area contributed by atoms with Crippen LogP contribution in [0.2, 0.25) is 0 Å². The monoisotopic (exact) mass is 187 g/mol. The molecule has 80 valence electrons. The summed E-state index contributed by atoms with van der Waals surface area (Å²) in [6, 6.07) is 0.222. The fraction of sp³-hybridized carbons (Fsp3) is 1.00. The summed E-state index contributed by atoms with van der Waals surface area (Å²) in [5, 5.41) is 0. The van der Waals surface area contributed by atoms with Gasteiger partial charge in [-0.1, -0.05) is 27.2 Å². The van der Waals surface area contributed by atoms with Crippen molar-refractivity contribution < 1.29 is 4.74 Å². The van der Waals surface area contributed by atoms with Crippen LogP contribution in [0.5, 0.6) is 0 Å². The molecule has 0 saturated heterocycles. The normalized spacial score (nSPS) is 16.2. The Morgan fingerprint density at radius 1 is 1.23 bits per heavy atom. The van der Waals surface area contributed by atoms with Crippen molar-refractivity contribution in [3.05, 3.63) is 0 Å². The maximum absolute atomic E-state index is 5.84. The lowest BCUT2D eigenvalue weighted by Crippen LogP contribution is -2.28. The Bertz CT molecular complexity index is 115. The van der Waals surface area contributed by atoms with Crippen molar-refractivity contribution in [1.82, 2.24) is 0 Å². The highest BCUT2D eigenvalue weighted by molar-refractivity contribution is 4.61. The lowest BCUT2D eigenvalue weighted by molar-refractivity contribution is 0.0419. The highest BCUT2D eigenvalue weighted by atomic mass is 16.5. The molecule has 0 aromatic carbocycles. The van der Waals surface area contributed by atoms with Crippen molar-refractivity contribution in [2.45, 2.75) is 59.1 Å². The van der Waals surface area contributed by atoms with Gasteiger partial charge in [0, 0.05) is 6.04 Å². The SMILES string of the molecule is CCCC(N)COC(C)CC(C)C. The number of ether oxygens (including phenoxy) is 1. The van der Waals surface area contributed by atoms with Gasteiger partial charge in [-0.3, -0.25) is 0 Å². The van der Waals surface area contributed by atoms with Crippen molar-refractivity contribution in [1.29, 1.82) is 0 Å². The van der Waals surface area contributed by atoms with Gasteiger partial charge in [0.15, 0.2) is 0 Å². The molecule has 2 heteroatoms. The molecule has 0 bridgehead atoms. The van der Waals surface area contributed by atoms with E-state index in [0.717, 1.165) is 19.3 Å². The van der Waals surface area contributed by atoms with Crippen LogP contribution in [0.1, 0.15) is 47.0 Å². The Morgan fingerprint density at radius 3 is 2.31 bits per heavy atom. The van der Waals surface area contributed by atoms with Crippen molar-refractivity contribution in [2.75, 3.05) is 6.61 Å². The van der Waals surface area contributed by atoms with Gasteiger partial charge < -0.3 is 10.5 Å². The van der Waals surface area contributed by atoms with Gasteiger partial charge >= 0.3 is 0 Å². The molecule has 0 radical (unpaired) electrons. The lowest BCUT2D eigenvalue weighted by atomic mass is 10.1. The zero-order chi connectivity index (χ0) is 10.3. The summed E-state index contributed by atoms with van der Waals surface area (Å²) in [6.07, 6.45) is 3.68. The second-order valence-corrected chi connectivity index (χ2v) is 4.32. The van der Waals surface area contributed by atoms with Crippen LogP contribution >= 0.6 is 0 Å². The van der Waals surface area contributed by atoms with Gasteiger partial charge in [-0.25, -0.2) is 0 Å². The van der Waals surface area contributed by atoms with Crippen LogP contribution < -0.4 is 5.73 Å². The fourth-order valence-electron chi connectivity index (χ4n) is 1.47. The van der Waals surface area contributed by atoms with Gasteiger partial charge in [0.25, 0.3) is 0 Å². The predicted octanol–water partition coefficient (Wildman–Crippen LogP) is 2.57. The van der Waals surface area contributed by atoms with Crippen molar-refractivity contribution >= 4 is 0 Å². The summed E-state index contributed by atoms with van der Waals surface area (Å²) < 4.78 is 5.64. The van der Waals surface area contributed by atoms with Crippen LogP contribution in [0.3, 0.4) is 0 Å². The predicted molar refractivity (Wildman–Crippen MR) is 57.8 cm³/mol. The first-order valence-electron chi connectivity index (χ1n) is 5.43. The highest BCUT2D eigenvalue weighted by Gasteiger charge is 2.07. The minimum atomic E-state index is 0.222. The van der Waals surface area contributed by atoms with E-state index in [1.54, 1.807) is 0 Å². The largest absolute Gasteiger partial charge is 0.377 e. The van der Waals surface area contributed by atoms with Crippen LogP contribution in [-0.4, -0.2) is 18.8 Å². The van der Waals surface area contributed by atoms with E-state index in [2.05, 4.69) is 27.7 Å². The van der Waals surface area contributed by atoms with Gasteiger partial charge in [-0.2, -0.15) is 0 Å². The van der Waals surface area contributed by atoms with E-state index in [9.17, 15) is 0 Å². The molecule has 0 rings (SSSR count). The molecule has 0 aromatic heterocycles. The molecule has 0 aliphatic heterocycles. The second-order valence-electron chi connectivity index (χ2n) is 4.32. The Hall–Kier alpha value is -0.0800. The number of hydrogen-bond donors (Lipinski definition) is 1. The Kier molecular flexibility index (Phi) is 7.29. The number of hydrogen-bond acceptors (Lipinski definition) is 2. The van der Waals surface area contributed by atoms with Crippen LogP contribution in [0.15, 0.2) is 0 Å². The van der Waals surface area contributed by atoms with Crippen molar-refractivity contribution in [2.24, 2.45) is 11.7 Å². The molecule has 0 spiro atoms. The third-order valence-electron chi connectivity index (χ3n) is 2.06. The van der Waals surface area contributed by atoms with E-state index in [4.69, 9.17) is 10.5 Å². The van der Waals surface area contributed by atoms with Gasteiger partial charge in [-0.05, 0) is 25.7 Å². The van der Waals surface area contributed by atoms with E-state index in [1.807, 2.05) is 0 Å². The summed E-state index contributed by atoms with van der Waals surface area (Å²) >= 11 is 0. The quantitative estimate of drug-likeness (QED) is 0.665. The maximum Gasteiger partial charge on any atom is 0.0621 e. The van der Waals surface area contributed by atoms with E-state index in [0.29, 0.717) is 18.6 Å². The molecular formula is C11H25NO. The molecule has 0 fully saturated rings. The Labute approximate surface area is 82.8 Å². The highest BCUT2D eigenvalue weighted by Crippen LogP contribution is 2.08. The summed E-state index contributed by atoms with van der Waals surface area (Å²) in [5.74, 6) is 0.706. The molecular weight excluding hydrogens is 162 g/mol. The molecule has 2 unspecified atom stereocenters. The molecule has 0 aliphatic rings. The molecule has 2 N–H and O–H groups in total. The molecule has 0 aliphatic carbocycles. The third-order valence-corrected chi connectivity index (χ3v) is 2.06. The number of nitrogens with two attached hydrogens (primary N) is 1. The zero-order valence-electron chi connectivity index (χ0n) is 9.55. The van der Waals surface area contributed by atoms with Crippen molar-refractivity contribution in [3.8, 4) is 0 Å². The van der Waals surface area contributed by atoms with Gasteiger partial charge in [0.05, 0.1) is 12.7 Å². The first kappa shape index (κ1) is 12.9. The molecule has 2 nitrogen and oxygen atoms in total. The number of rotatable bonds is 7. The van der Waals surface area contributed by atoms with E-state index >= 15 is 0 Å². The average Bonchev–Trinajstić information content (AvgIpc) is 2.00. The first-order valence-corrected chi connectivity index (χ1v) is 5.43. The first-order chi connectivity index (χ1) is 6.06. The zero-order valence-corrected chi connectivity index (χ0v) is 9.55. The fourth-order valence-corrected chi connectivity index (χ4v) is 1.47. The lowest BCUT2D eigenvalue weighted by Gasteiger charge is -2.18. The van der Waals surface area contributed by atoms with Crippen LogP contribution in [-0.2, 0) is 4.74 Å². The molecule has 0 aromatic rings. The van der Waals surface area contributed by atoms with E-state index < -0.39 is 0 Å². The molecule has 0 heterocycles. The minimum absolute atomic E-state index is 0.222. The summed E-state index contributed by atoms with van der Waals surface area (Å²) in [4.78, 5) is 0. The third kappa shape index (κ3) is 8.26. The van der Waals surface area contributed by atoms with Crippen molar-refractivity contribution in [3.63, 3.8) is 0 Å². The maximum atomic E-state index is 5.84. The van der Waals surface area contributed by atoms with E-state index in [-0.39, 0.29) is 6.04 Å². The Balaban J connectivity index is 3.40. The van der Waals surface area contributed by atoms with Crippen LogP contribution in [0, 0.1) is 5.92 Å². The standard InChI is InChI=1S/C11H25NO/c1-5-6-11(12)8-13-10(4)7-9(2)3/h9-11H,5-8,12H2,1-4H3. The van der Waals surface area contributed by atoms with E-state index in [1.165, 1.54) is 0 Å². The molecule has 0 saturated carbocycles.